The number of hydrogen-bond donors (Lipinski definition) is 2. The molecule has 0 unspecified atom stereocenters. The van der Waals surface area contributed by atoms with E-state index >= 15 is 0 Å². The number of fused-ring (bicyclic) bond motifs is 1. The lowest BCUT2D eigenvalue weighted by Crippen LogP contribution is -2.55. The smallest absolute Gasteiger partial charge is 0.255 e. The first-order valence-electron chi connectivity index (χ1n) is 13.3. The zero-order valence-electron chi connectivity index (χ0n) is 22.9. The predicted molar refractivity (Wildman–Crippen MR) is 142 cm³/mol. The number of piperazine rings is 1. The molecule has 38 heavy (non-hydrogen) atoms. The molecule has 2 heterocycles. The van der Waals surface area contributed by atoms with E-state index in [1.54, 1.807) is 43.3 Å². The molecule has 0 aliphatic carbocycles. The van der Waals surface area contributed by atoms with E-state index in [2.05, 4.69) is 15.5 Å². The molecule has 11 heteroatoms. The first kappa shape index (κ1) is 29.4. The molecule has 0 radical (unpaired) electrons. The zero-order chi connectivity index (χ0) is 27.7. The molecule has 11 nitrogen and oxygen atoms in total. The van der Waals surface area contributed by atoms with Crippen molar-refractivity contribution in [2.24, 2.45) is 5.92 Å². The van der Waals surface area contributed by atoms with Crippen LogP contribution in [0.15, 0.2) is 24.3 Å². The van der Waals surface area contributed by atoms with Crippen LogP contribution in [0.4, 0.5) is 0 Å². The second-order valence-electron chi connectivity index (χ2n) is 10.2. The van der Waals surface area contributed by atoms with Crippen LogP contribution in [-0.2, 0) is 19.1 Å². The maximum absolute atomic E-state index is 13.5. The Morgan fingerprint density at radius 2 is 1.82 bits per heavy atom. The molecule has 0 bridgehead atoms. The van der Waals surface area contributed by atoms with E-state index < -0.39 is 11.9 Å². The summed E-state index contributed by atoms with van der Waals surface area (Å²) in [7, 11) is 3.22. The van der Waals surface area contributed by atoms with Crippen molar-refractivity contribution in [1.29, 1.82) is 0 Å². The first-order valence-corrected chi connectivity index (χ1v) is 13.3. The third-order valence-corrected chi connectivity index (χ3v) is 7.05. The summed E-state index contributed by atoms with van der Waals surface area (Å²) in [6.07, 6.45) is 0.136. The van der Waals surface area contributed by atoms with Gasteiger partial charge >= 0.3 is 0 Å². The van der Waals surface area contributed by atoms with E-state index in [0.717, 1.165) is 6.54 Å². The Morgan fingerprint density at radius 1 is 1.11 bits per heavy atom. The SMILES string of the molecule is COCCN1CCN(C(=O)[C@@H]2CCC(=O)N(C)CC(=O)N[C@@H](C(C)C)COc3ccccc3C(=O)N2)CC1. The second-order valence-corrected chi connectivity index (χ2v) is 10.2. The van der Waals surface area contributed by atoms with Crippen LogP contribution in [0.25, 0.3) is 0 Å². The molecule has 4 amide bonds. The quantitative estimate of drug-likeness (QED) is 0.563. The van der Waals surface area contributed by atoms with Crippen LogP contribution in [0.1, 0.15) is 37.0 Å². The number of carbonyl (C=O) groups excluding carboxylic acids is 4. The molecule has 2 aliphatic heterocycles. The van der Waals surface area contributed by atoms with E-state index in [1.165, 1.54) is 4.90 Å². The largest absolute Gasteiger partial charge is 0.491 e. The molecule has 1 saturated heterocycles. The molecule has 0 spiro atoms. The maximum atomic E-state index is 13.5. The standard InChI is InChI=1S/C27H41N5O6/c1-19(2)22-18-38-23-8-6-5-7-20(23)26(35)29-21(9-10-25(34)30(3)17-24(33)28-22)27(36)32-13-11-31(12-14-32)15-16-37-4/h5-8,19,21-22H,9-18H2,1-4H3,(H,28,33)(H,29,35)/t21-,22+/m0/s1. The van der Waals surface area contributed by atoms with Gasteiger partial charge in [0.2, 0.25) is 17.7 Å². The van der Waals surface area contributed by atoms with Crippen LogP contribution in [0.5, 0.6) is 5.75 Å². The summed E-state index contributed by atoms with van der Waals surface area (Å²) in [5, 5.41) is 5.80. The highest BCUT2D eigenvalue weighted by Crippen LogP contribution is 2.20. The first-order chi connectivity index (χ1) is 18.2. The Morgan fingerprint density at radius 3 is 2.50 bits per heavy atom. The number of nitrogens with one attached hydrogen (secondary N) is 2. The van der Waals surface area contributed by atoms with E-state index in [9.17, 15) is 19.2 Å². The van der Waals surface area contributed by atoms with Crippen molar-refractivity contribution in [2.75, 3.05) is 66.6 Å². The fraction of sp³-hybridized carbons (Fsp3) is 0.630. The monoisotopic (exact) mass is 531 g/mol. The minimum absolute atomic E-state index is 0.0139. The average molecular weight is 532 g/mol. The van der Waals surface area contributed by atoms with Crippen molar-refractivity contribution in [3.63, 3.8) is 0 Å². The van der Waals surface area contributed by atoms with E-state index in [1.807, 2.05) is 13.8 Å². The van der Waals surface area contributed by atoms with Gasteiger partial charge in [0.05, 0.1) is 24.8 Å². The minimum atomic E-state index is -0.888. The number of amides is 4. The molecule has 2 aliphatic rings. The molecular weight excluding hydrogens is 490 g/mol. The Labute approximate surface area is 224 Å². The van der Waals surface area contributed by atoms with Crippen LogP contribution in [0.3, 0.4) is 0 Å². The molecule has 0 aromatic heterocycles. The topological polar surface area (TPSA) is 121 Å². The highest BCUT2D eigenvalue weighted by atomic mass is 16.5. The van der Waals surface area contributed by atoms with Crippen LogP contribution >= 0.6 is 0 Å². The van der Waals surface area contributed by atoms with E-state index in [4.69, 9.17) is 9.47 Å². The van der Waals surface area contributed by atoms with Crippen molar-refractivity contribution in [2.45, 2.75) is 38.8 Å². The van der Waals surface area contributed by atoms with Crippen molar-refractivity contribution >= 4 is 23.6 Å². The van der Waals surface area contributed by atoms with Crippen molar-refractivity contribution in [1.82, 2.24) is 25.3 Å². The number of methoxy groups -OCH3 is 1. The van der Waals surface area contributed by atoms with Gasteiger partial charge in [-0.25, -0.2) is 0 Å². The number of para-hydroxylation sites is 1. The lowest BCUT2D eigenvalue weighted by Gasteiger charge is -2.36. The molecule has 1 aromatic rings. The number of hydrogen-bond acceptors (Lipinski definition) is 7. The Balaban J connectivity index is 1.81. The molecule has 2 N–H and O–H groups in total. The molecule has 2 atom stereocenters. The fourth-order valence-corrected chi connectivity index (χ4v) is 4.50. The summed E-state index contributed by atoms with van der Waals surface area (Å²) in [6.45, 7) is 7.86. The normalized spacial score (nSPS) is 22.6. The predicted octanol–water partition coefficient (Wildman–Crippen LogP) is 0.347. The summed E-state index contributed by atoms with van der Waals surface area (Å²) >= 11 is 0. The van der Waals surface area contributed by atoms with E-state index in [0.29, 0.717) is 44.1 Å². The van der Waals surface area contributed by atoms with Crippen molar-refractivity contribution < 1.29 is 28.7 Å². The molecule has 3 rings (SSSR count). The number of benzene rings is 1. The van der Waals surface area contributed by atoms with Gasteiger partial charge in [0, 0.05) is 53.3 Å². The molecule has 210 valence electrons. The van der Waals surface area contributed by atoms with Crippen LogP contribution in [-0.4, -0.2) is 117 Å². The molecule has 1 fully saturated rings. The maximum Gasteiger partial charge on any atom is 0.255 e. The van der Waals surface area contributed by atoms with Gasteiger partial charge in [-0.15, -0.1) is 0 Å². The summed E-state index contributed by atoms with van der Waals surface area (Å²) in [5.74, 6) is -0.804. The third-order valence-electron chi connectivity index (χ3n) is 7.05. The number of rotatable bonds is 5. The fourth-order valence-electron chi connectivity index (χ4n) is 4.50. The molecule has 0 saturated carbocycles. The lowest BCUT2D eigenvalue weighted by atomic mass is 10.1. The van der Waals surface area contributed by atoms with Gasteiger partial charge in [-0.1, -0.05) is 26.0 Å². The number of ether oxygens (including phenoxy) is 2. The van der Waals surface area contributed by atoms with Crippen LogP contribution in [0, 0.1) is 5.92 Å². The highest BCUT2D eigenvalue weighted by molar-refractivity contribution is 5.99. The van der Waals surface area contributed by atoms with Gasteiger partial charge in [0.25, 0.3) is 5.91 Å². The molecule has 1 aromatic carbocycles. The Bertz CT molecular complexity index is 978. The average Bonchev–Trinajstić information content (AvgIpc) is 2.91. The van der Waals surface area contributed by atoms with E-state index in [-0.39, 0.29) is 55.7 Å². The third kappa shape index (κ3) is 8.16. The van der Waals surface area contributed by atoms with Crippen LogP contribution < -0.4 is 15.4 Å². The van der Waals surface area contributed by atoms with Gasteiger partial charge in [0.1, 0.15) is 18.4 Å². The van der Waals surface area contributed by atoms with Gasteiger partial charge in [-0.05, 0) is 24.5 Å². The summed E-state index contributed by atoms with van der Waals surface area (Å²) in [5.41, 5.74) is 0.293. The van der Waals surface area contributed by atoms with Crippen molar-refractivity contribution in [3.8, 4) is 5.75 Å². The molecular formula is C27H41N5O6. The number of nitrogens with zero attached hydrogens (tertiary/aromatic N) is 3. The number of likely N-dealkylation sites (N-methyl/N-ethyl adjacent to an activating group) is 1. The van der Waals surface area contributed by atoms with Gasteiger partial charge < -0.3 is 29.9 Å². The van der Waals surface area contributed by atoms with Crippen molar-refractivity contribution in [3.05, 3.63) is 29.8 Å². The van der Waals surface area contributed by atoms with Gasteiger partial charge in [-0.3, -0.25) is 24.1 Å². The lowest BCUT2D eigenvalue weighted by molar-refractivity contribution is -0.137. The van der Waals surface area contributed by atoms with Crippen LogP contribution in [0.2, 0.25) is 0 Å². The van der Waals surface area contributed by atoms with Gasteiger partial charge in [-0.2, -0.15) is 0 Å². The minimum Gasteiger partial charge on any atom is -0.491 e. The summed E-state index contributed by atoms with van der Waals surface area (Å²) in [6, 6.07) is 5.62. The van der Waals surface area contributed by atoms with Gasteiger partial charge in [0.15, 0.2) is 0 Å². The highest BCUT2D eigenvalue weighted by Gasteiger charge is 2.31. The second kappa shape index (κ2) is 14.1. The number of carbonyl (C=O) groups is 4. The summed E-state index contributed by atoms with van der Waals surface area (Å²) in [4.78, 5) is 57.7. The zero-order valence-corrected chi connectivity index (χ0v) is 22.9. The Kier molecular flexibility index (Phi) is 10.9. The Hall–Kier alpha value is -3.18. The summed E-state index contributed by atoms with van der Waals surface area (Å²) < 4.78 is 11.1.